The fourth-order valence-electron chi connectivity index (χ4n) is 1.55. The Morgan fingerprint density at radius 2 is 2.24 bits per heavy atom. The molecule has 0 aliphatic rings. The van der Waals surface area contributed by atoms with E-state index in [2.05, 4.69) is 15.3 Å². The molecule has 0 spiro atoms. The van der Waals surface area contributed by atoms with Gasteiger partial charge in [0.05, 0.1) is 17.4 Å². The summed E-state index contributed by atoms with van der Waals surface area (Å²) in [7, 11) is 0. The van der Waals surface area contributed by atoms with Crippen molar-refractivity contribution in [1.82, 2.24) is 15.3 Å². The Balaban J connectivity index is 2.58. The third kappa shape index (κ3) is 4.11. The van der Waals surface area contributed by atoms with Gasteiger partial charge in [0, 0.05) is 12.7 Å². The molecule has 17 heavy (non-hydrogen) atoms. The predicted molar refractivity (Wildman–Crippen MR) is 64.8 cm³/mol. The number of aliphatic hydroxyl groups excluding tert-OH is 1. The molecule has 0 aliphatic heterocycles. The molecule has 0 fully saturated rings. The molecular formula is C12H19N3O2. The van der Waals surface area contributed by atoms with Crippen LogP contribution in [0.25, 0.3) is 0 Å². The highest BCUT2D eigenvalue weighted by molar-refractivity contribution is 5.94. The van der Waals surface area contributed by atoms with Gasteiger partial charge < -0.3 is 10.4 Å². The largest absolute Gasteiger partial charge is 0.391 e. The van der Waals surface area contributed by atoms with Gasteiger partial charge in [0.25, 0.3) is 5.91 Å². The van der Waals surface area contributed by atoms with Crippen molar-refractivity contribution in [3.8, 4) is 0 Å². The zero-order valence-corrected chi connectivity index (χ0v) is 10.5. The van der Waals surface area contributed by atoms with E-state index >= 15 is 0 Å². The molecule has 5 nitrogen and oxygen atoms in total. The van der Waals surface area contributed by atoms with E-state index in [1.807, 2.05) is 6.92 Å². The smallest absolute Gasteiger partial charge is 0.254 e. The van der Waals surface area contributed by atoms with Gasteiger partial charge in [-0.05, 0) is 20.3 Å². The Labute approximate surface area is 101 Å². The van der Waals surface area contributed by atoms with Crippen LogP contribution in [0.4, 0.5) is 0 Å². The Bertz CT molecular complexity index is 393. The van der Waals surface area contributed by atoms with Crippen LogP contribution in [0.3, 0.4) is 0 Å². The molecule has 1 unspecified atom stereocenters. The average Bonchev–Trinajstić information content (AvgIpc) is 2.26. The van der Waals surface area contributed by atoms with E-state index < -0.39 is 6.10 Å². The topological polar surface area (TPSA) is 75.1 Å². The number of hydrogen-bond donors (Lipinski definition) is 2. The maximum atomic E-state index is 11.8. The second kappa shape index (κ2) is 6.30. The number of nitrogens with zero attached hydrogens (tertiary/aromatic N) is 2. The molecule has 1 heterocycles. The number of nitrogens with one attached hydrogen (secondary N) is 1. The molecule has 1 rings (SSSR count). The highest BCUT2D eigenvalue weighted by Crippen LogP contribution is 2.03. The molecule has 1 aromatic rings. The molecule has 0 saturated heterocycles. The van der Waals surface area contributed by atoms with Gasteiger partial charge in [0.15, 0.2) is 0 Å². The van der Waals surface area contributed by atoms with Crippen molar-refractivity contribution >= 4 is 5.91 Å². The minimum Gasteiger partial charge on any atom is -0.391 e. The number of aliphatic hydroxyl groups is 1. The van der Waals surface area contributed by atoms with Crippen LogP contribution in [0.2, 0.25) is 0 Å². The van der Waals surface area contributed by atoms with Gasteiger partial charge in [-0.25, -0.2) is 9.97 Å². The third-order valence-electron chi connectivity index (χ3n) is 2.46. The summed E-state index contributed by atoms with van der Waals surface area (Å²) in [4.78, 5) is 19.9. The lowest BCUT2D eigenvalue weighted by Crippen LogP contribution is -2.32. The Kier molecular flexibility index (Phi) is 5.03. The van der Waals surface area contributed by atoms with Gasteiger partial charge in [-0.3, -0.25) is 4.79 Å². The summed E-state index contributed by atoms with van der Waals surface area (Å²) in [5.41, 5.74) is 1.11. The summed E-state index contributed by atoms with van der Waals surface area (Å²) < 4.78 is 0. The zero-order chi connectivity index (χ0) is 12.8. The lowest BCUT2D eigenvalue weighted by atomic mass is 10.2. The van der Waals surface area contributed by atoms with Crippen LogP contribution in [0.15, 0.2) is 6.20 Å². The van der Waals surface area contributed by atoms with Gasteiger partial charge >= 0.3 is 0 Å². The van der Waals surface area contributed by atoms with Crippen LogP contribution in [0, 0.1) is 13.8 Å². The third-order valence-corrected chi connectivity index (χ3v) is 2.46. The van der Waals surface area contributed by atoms with Crippen LogP contribution in [-0.4, -0.2) is 33.6 Å². The van der Waals surface area contributed by atoms with Crippen molar-refractivity contribution in [2.45, 2.75) is 39.7 Å². The predicted octanol–water partition coefficient (Wildman–Crippen LogP) is 0.984. The molecule has 1 amide bonds. The van der Waals surface area contributed by atoms with Crippen LogP contribution < -0.4 is 5.32 Å². The molecule has 5 heteroatoms. The quantitative estimate of drug-likeness (QED) is 0.800. The highest BCUT2D eigenvalue weighted by atomic mass is 16.3. The van der Waals surface area contributed by atoms with E-state index in [0.717, 1.165) is 6.42 Å². The number of amides is 1. The van der Waals surface area contributed by atoms with Gasteiger partial charge in [-0.2, -0.15) is 0 Å². The highest BCUT2D eigenvalue weighted by Gasteiger charge is 2.12. The monoisotopic (exact) mass is 237 g/mol. The van der Waals surface area contributed by atoms with Crippen molar-refractivity contribution in [3.63, 3.8) is 0 Å². The molecule has 0 aromatic carbocycles. The standard InChI is InChI=1S/C12H19N3O2/c1-4-5-10(16)6-14-12(17)11-7-13-9(3)15-8(11)2/h7,10,16H,4-6H2,1-3H3,(H,14,17). The van der Waals surface area contributed by atoms with E-state index in [4.69, 9.17) is 0 Å². The average molecular weight is 237 g/mol. The molecule has 0 radical (unpaired) electrons. The molecule has 0 saturated carbocycles. The summed E-state index contributed by atoms with van der Waals surface area (Å²) in [6, 6.07) is 0. The maximum absolute atomic E-state index is 11.8. The Hall–Kier alpha value is -1.49. The second-order valence-corrected chi connectivity index (χ2v) is 4.07. The van der Waals surface area contributed by atoms with Crippen LogP contribution in [0.5, 0.6) is 0 Å². The van der Waals surface area contributed by atoms with Crippen LogP contribution in [-0.2, 0) is 0 Å². The normalized spacial score (nSPS) is 12.2. The van der Waals surface area contributed by atoms with Gasteiger partial charge in [-0.15, -0.1) is 0 Å². The van der Waals surface area contributed by atoms with E-state index in [9.17, 15) is 9.90 Å². The second-order valence-electron chi connectivity index (χ2n) is 4.07. The molecule has 2 N–H and O–H groups in total. The molecular weight excluding hydrogens is 218 g/mol. The van der Waals surface area contributed by atoms with E-state index in [-0.39, 0.29) is 12.5 Å². The van der Waals surface area contributed by atoms with Crippen molar-refractivity contribution in [3.05, 3.63) is 23.3 Å². The van der Waals surface area contributed by atoms with Gasteiger partial charge in [0.1, 0.15) is 5.82 Å². The first-order valence-electron chi connectivity index (χ1n) is 5.81. The first-order chi connectivity index (χ1) is 8.04. The summed E-state index contributed by atoms with van der Waals surface area (Å²) in [5, 5.41) is 12.2. The fraction of sp³-hybridized carbons (Fsp3) is 0.583. The minimum atomic E-state index is -0.490. The number of carbonyl (C=O) groups excluding carboxylic acids is 1. The molecule has 0 bridgehead atoms. The van der Waals surface area contributed by atoms with Gasteiger partial charge in [0.2, 0.25) is 0 Å². The number of hydrogen-bond acceptors (Lipinski definition) is 4. The van der Waals surface area contributed by atoms with E-state index in [0.29, 0.717) is 23.5 Å². The van der Waals surface area contributed by atoms with Crippen molar-refractivity contribution < 1.29 is 9.90 Å². The van der Waals surface area contributed by atoms with Crippen LogP contribution in [0.1, 0.15) is 41.6 Å². The molecule has 0 aliphatic carbocycles. The maximum Gasteiger partial charge on any atom is 0.254 e. The van der Waals surface area contributed by atoms with E-state index in [1.54, 1.807) is 13.8 Å². The first kappa shape index (κ1) is 13.6. The zero-order valence-electron chi connectivity index (χ0n) is 10.5. The first-order valence-corrected chi connectivity index (χ1v) is 5.81. The number of carbonyl (C=O) groups is 1. The summed E-state index contributed by atoms with van der Waals surface area (Å²) in [6.45, 7) is 5.80. The van der Waals surface area contributed by atoms with Gasteiger partial charge in [-0.1, -0.05) is 13.3 Å². The number of aromatic nitrogens is 2. The van der Waals surface area contributed by atoms with Crippen molar-refractivity contribution in [2.75, 3.05) is 6.54 Å². The van der Waals surface area contributed by atoms with Crippen LogP contribution >= 0.6 is 0 Å². The summed E-state index contributed by atoms with van der Waals surface area (Å²) in [6.07, 6.45) is 2.60. The lowest BCUT2D eigenvalue weighted by Gasteiger charge is -2.11. The summed E-state index contributed by atoms with van der Waals surface area (Å²) >= 11 is 0. The molecule has 1 atom stereocenters. The van der Waals surface area contributed by atoms with Crippen molar-refractivity contribution in [2.24, 2.45) is 0 Å². The fourth-order valence-corrected chi connectivity index (χ4v) is 1.55. The molecule has 94 valence electrons. The van der Waals surface area contributed by atoms with E-state index in [1.165, 1.54) is 6.20 Å². The number of aryl methyl sites for hydroxylation is 2. The molecule has 1 aromatic heterocycles. The minimum absolute atomic E-state index is 0.238. The number of rotatable bonds is 5. The lowest BCUT2D eigenvalue weighted by molar-refractivity contribution is 0.0908. The Morgan fingerprint density at radius 3 is 2.82 bits per heavy atom. The van der Waals surface area contributed by atoms with Crippen molar-refractivity contribution in [1.29, 1.82) is 0 Å². The SMILES string of the molecule is CCCC(O)CNC(=O)c1cnc(C)nc1C. The Morgan fingerprint density at radius 1 is 1.53 bits per heavy atom. The summed E-state index contributed by atoms with van der Waals surface area (Å²) in [5.74, 6) is 0.405.